The minimum atomic E-state index is -1.15. The molecule has 0 atom stereocenters. The van der Waals surface area contributed by atoms with Gasteiger partial charge in [-0.25, -0.2) is 9.78 Å². The Bertz CT molecular complexity index is 739. The predicted molar refractivity (Wildman–Crippen MR) is 87.7 cm³/mol. The summed E-state index contributed by atoms with van der Waals surface area (Å²) in [6.07, 6.45) is 0. The molecule has 0 saturated heterocycles. The summed E-state index contributed by atoms with van der Waals surface area (Å²) in [5.74, 6) is -1.53. The molecule has 0 spiro atoms. The second-order valence-corrected chi connectivity index (χ2v) is 6.15. The maximum Gasteiger partial charge on any atom is 0.354 e. The van der Waals surface area contributed by atoms with Crippen molar-refractivity contribution in [3.05, 3.63) is 65.0 Å². The summed E-state index contributed by atoms with van der Waals surface area (Å²) in [7, 11) is 0. The molecule has 1 amide bonds. The van der Waals surface area contributed by atoms with Crippen LogP contribution in [0.3, 0.4) is 0 Å². The van der Waals surface area contributed by atoms with Gasteiger partial charge in [-0.2, -0.15) is 0 Å². The normalized spacial score (nSPS) is 11.1. The van der Waals surface area contributed by atoms with Crippen LogP contribution in [0.2, 0.25) is 0 Å². The third kappa shape index (κ3) is 4.16. The Labute approximate surface area is 135 Å². The van der Waals surface area contributed by atoms with E-state index in [2.05, 4.69) is 16.4 Å². The van der Waals surface area contributed by atoms with E-state index in [0.717, 1.165) is 11.1 Å². The first-order valence-electron chi connectivity index (χ1n) is 7.35. The van der Waals surface area contributed by atoms with Crippen LogP contribution in [0.4, 0.5) is 0 Å². The molecule has 1 heterocycles. The molecular weight excluding hydrogens is 292 g/mol. The number of carboxylic acid groups (broad SMARTS) is 1. The van der Waals surface area contributed by atoms with Crippen molar-refractivity contribution in [2.45, 2.75) is 26.2 Å². The van der Waals surface area contributed by atoms with Gasteiger partial charge in [-0.1, -0.05) is 49.7 Å². The molecule has 23 heavy (non-hydrogen) atoms. The fourth-order valence-corrected chi connectivity index (χ4v) is 2.24. The lowest BCUT2D eigenvalue weighted by Crippen LogP contribution is -2.37. The van der Waals surface area contributed by atoms with Gasteiger partial charge in [-0.15, -0.1) is 0 Å². The number of nitrogens with zero attached hydrogens (tertiary/aromatic N) is 1. The summed E-state index contributed by atoms with van der Waals surface area (Å²) >= 11 is 0. The average molecular weight is 312 g/mol. The van der Waals surface area contributed by atoms with E-state index in [1.165, 1.54) is 18.2 Å². The molecule has 2 aromatic rings. The van der Waals surface area contributed by atoms with Crippen LogP contribution < -0.4 is 5.32 Å². The second kappa shape index (κ2) is 6.60. The molecule has 2 rings (SSSR count). The number of nitrogens with one attached hydrogen (secondary N) is 1. The number of benzene rings is 1. The van der Waals surface area contributed by atoms with Gasteiger partial charge in [0.15, 0.2) is 0 Å². The van der Waals surface area contributed by atoms with Crippen LogP contribution in [0.25, 0.3) is 0 Å². The Hall–Kier alpha value is -2.69. The number of aromatic carboxylic acids is 1. The summed E-state index contributed by atoms with van der Waals surface area (Å²) in [5, 5.41) is 11.8. The minimum absolute atomic E-state index is 0.102. The first-order chi connectivity index (χ1) is 10.8. The molecule has 120 valence electrons. The predicted octanol–water partition coefficient (Wildman–Crippen LogP) is 2.80. The van der Waals surface area contributed by atoms with Crippen LogP contribution >= 0.6 is 0 Å². The van der Waals surface area contributed by atoms with E-state index < -0.39 is 5.97 Å². The SMILES string of the molecule is Cc1cccc(C(C)(C)CNC(=O)c2cccc(C(=O)O)n2)c1. The molecule has 0 fully saturated rings. The Kier molecular flexibility index (Phi) is 4.79. The van der Waals surface area contributed by atoms with Gasteiger partial charge < -0.3 is 10.4 Å². The van der Waals surface area contributed by atoms with Crippen LogP contribution in [0.15, 0.2) is 42.5 Å². The maximum atomic E-state index is 12.2. The van der Waals surface area contributed by atoms with Crippen molar-refractivity contribution >= 4 is 11.9 Å². The van der Waals surface area contributed by atoms with E-state index in [4.69, 9.17) is 5.11 Å². The molecule has 0 unspecified atom stereocenters. The molecule has 0 bridgehead atoms. The van der Waals surface area contributed by atoms with Gasteiger partial charge in [-0.3, -0.25) is 4.79 Å². The number of carbonyl (C=O) groups excluding carboxylic acids is 1. The van der Waals surface area contributed by atoms with Gasteiger partial charge in [0, 0.05) is 12.0 Å². The van der Waals surface area contributed by atoms with E-state index in [9.17, 15) is 9.59 Å². The van der Waals surface area contributed by atoms with Crippen molar-refractivity contribution in [3.8, 4) is 0 Å². The van der Waals surface area contributed by atoms with Crippen LogP contribution in [-0.4, -0.2) is 28.5 Å². The Morgan fingerprint density at radius 2 is 1.78 bits per heavy atom. The molecule has 1 aromatic heterocycles. The molecule has 5 nitrogen and oxygen atoms in total. The quantitative estimate of drug-likeness (QED) is 0.889. The zero-order valence-corrected chi connectivity index (χ0v) is 13.5. The molecule has 0 aliphatic heterocycles. The third-order valence-electron chi connectivity index (χ3n) is 3.69. The number of carboxylic acids is 1. The van der Waals surface area contributed by atoms with Crippen molar-refractivity contribution in [2.75, 3.05) is 6.54 Å². The standard InChI is InChI=1S/C18H20N2O3/c1-12-6-4-7-13(10-12)18(2,3)11-19-16(21)14-8-5-9-15(20-14)17(22)23/h4-10H,11H2,1-3H3,(H,19,21)(H,22,23). The number of hydrogen-bond acceptors (Lipinski definition) is 3. The van der Waals surface area contributed by atoms with Gasteiger partial charge in [0.1, 0.15) is 11.4 Å². The molecule has 1 aromatic carbocycles. The van der Waals surface area contributed by atoms with Gasteiger partial charge in [0.25, 0.3) is 5.91 Å². The van der Waals surface area contributed by atoms with E-state index in [-0.39, 0.29) is 22.7 Å². The summed E-state index contributed by atoms with van der Waals surface area (Å²) < 4.78 is 0. The number of rotatable bonds is 5. The third-order valence-corrected chi connectivity index (χ3v) is 3.69. The van der Waals surface area contributed by atoms with E-state index in [1.54, 1.807) is 0 Å². The highest BCUT2D eigenvalue weighted by molar-refractivity contribution is 5.94. The van der Waals surface area contributed by atoms with Crippen LogP contribution in [0.1, 0.15) is 46.0 Å². The maximum absolute atomic E-state index is 12.2. The molecule has 0 radical (unpaired) electrons. The number of aryl methyl sites for hydroxylation is 1. The van der Waals surface area contributed by atoms with Crippen molar-refractivity contribution in [2.24, 2.45) is 0 Å². The molecule has 2 N–H and O–H groups in total. The molecule has 0 aliphatic carbocycles. The largest absolute Gasteiger partial charge is 0.477 e. The Morgan fingerprint density at radius 3 is 2.43 bits per heavy atom. The van der Waals surface area contributed by atoms with E-state index in [0.29, 0.717) is 6.54 Å². The zero-order chi connectivity index (χ0) is 17.0. The number of carbonyl (C=O) groups is 2. The first kappa shape index (κ1) is 16.7. The van der Waals surface area contributed by atoms with E-state index >= 15 is 0 Å². The number of hydrogen-bond donors (Lipinski definition) is 2. The number of pyridine rings is 1. The lowest BCUT2D eigenvalue weighted by molar-refractivity contribution is 0.0690. The van der Waals surface area contributed by atoms with Crippen LogP contribution in [0.5, 0.6) is 0 Å². The van der Waals surface area contributed by atoms with Gasteiger partial charge in [-0.05, 0) is 24.6 Å². The highest BCUT2D eigenvalue weighted by atomic mass is 16.4. The summed E-state index contributed by atoms with van der Waals surface area (Å²) in [6.45, 7) is 6.54. The molecular formula is C18H20N2O3. The summed E-state index contributed by atoms with van der Waals surface area (Å²) in [5.41, 5.74) is 2.01. The summed E-state index contributed by atoms with van der Waals surface area (Å²) in [6, 6.07) is 12.5. The highest BCUT2D eigenvalue weighted by Crippen LogP contribution is 2.23. The van der Waals surface area contributed by atoms with Crippen molar-refractivity contribution in [3.63, 3.8) is 0 Å². The summed E-state index contributed by atoms with van der Waals surface area (Å²) in [4.78, 5) is 27.0. The van der Waals surface area contributed by atoms with Gasteiger partial charge in [0.2, 0.25) is 0 Å². The van der Waals surface area contributed by atoms with Crippen molar-refractivity contribution in [1.29, 1.82) is 0 Å². The minimum Gasteiger partial charge on any atom is -0.477 e. The van der Waals surface area contributed by atoms with Gasteiger partial charge in [0.05, 0.1) is 0 Å². The van der Waals surface area contributed by atoms with Crippen molar-refractivity contribution < 1.29 is 14.7 Å². The Balaban J connectivity index is 2.09. The Morgan fingerprint density at radius 1 is 1.13 bits per heavy atom. The lowest BCUT2D eigenvalue weighted by atomic mass is 9.84. The fraction of sp³-hybridized carbons (Fsp3) is 0.278. The average Bonchev–Trinajstić information content (AvgIpc) is 2.53. The monoisotopic (exact) mass is 312 g/mol. The molecule has 0 saturated carbocycles. The molecule has 5 heteroatoms. The van der Waals surface area contributed by atoms with Crippen LogP contribution in [0, 0.1) is 6.92 Å². The second-order valence-electron chi connectivity index (χ2n) is 6.15. The molecule has 0 aliphatic rings. The highest BCUT2D eigenvalue weighted by Gasteiger charge is 2.22. The van der Waals surface area contributed by atoms with Crippen molar-refractivity contribution in [1.82, 2.24) is 10.3 Å². The van der Waals surface area contributed by atoms with Crippen LogP contribution in [-0.2, 0) is 5.41 Å². The lowest BCUT2D eigenvalue weighted by Gasteiger charge is -2.26. The fourth-order valence-electron chi connectivity index (χ4n) is 2.24. The smallest absolute Gasteiger partial charge is 0.354 e. The first-order valence-corrected chi connectivity index (χ1v) is 7.35. The number of aromatic nitrogens is 1. The topological polar surface area (TPSA) is 79.3 Å². The number of amides is 1. The van der Waals surface area contributed by atoms with Gasteiger partial charge >= 0.3 is 5.97 Å². The zero-order valence-electron chi connectivity index (χ0n) is 13.5. The van der Waals surface area contributed by atoms with E-state index in [1.807, 2.05) is 39.0 Å².